The fourth-order valence-corrected chi connectivity index (χ4v) is 6.29. The Balaban J connectivity index is 1.46. The molecule has 0 spiro atoms. The maximum atomic E-state index is 4.97. The zero-order valence-electron chi connectivity index (χ0n) is 16.8. The first-order valence-electron chi connectivity index (χ1n) is 10.1. The van der Waals surface area contributed by atoms with Crippen molar-refractivity contribution in [3.05, 3.63) is 72.3 Å². The summed E-state index contributed by atoms with van der Waals surface area (Å²) in [6.45, 7) is 2.12. The van der Waals surface area contributed by atoms with Gasteiger partial charge < -0.3 is 9.80 Å². The number of para-hydroxylation sites is 1. The highest BCUT2D eigenvalue weighted by molar-refractivity contribution is 8.15. The number of allylic oxidation sites excluding steroid dienone is 2. The molecule has 2 aromatic rings. The van der Waals surface area contributed by atoms with Gasteiger partial charge in [-0.1, -0.05) is 66.0 Å². The molecule has 2 unspecified atom stereocenters. The van der Waals surface area contributed by atoms with Crippen LogP contribution in [0.25, 0.3) is 0 Å². The average molecular weight is 420 g/mol. The van der Waals surface area contributed by atoms with Crippen LogP contribution in [0.2, 0.25) is 0 Å². The number of hydrogen-bond acceptors (Lipinski definition) is 5. The molecule has 2 aromatic carbocycles. The van der Waals surface area contributed by atoms with E-state index in [1.54, 1.807) is 0 Å². The van der Waals surface area contributed by atoms with Crippen molar-refractivity contribution in [2.75, 3.05) is 32.1 Å². The molecule has 3 aliphatic rings. The molecule has 0 fully saturated rings. The van der Waals surface area contributed by atoms with Gasteiger partial charge >= 0.3 is 0 Å². The Morgan fingerprint density at radius 2 is 1.83 bits per heavy atom. The van der Waals surface area contributed by atoms with Crippen molar-refractivity contribution in [3.63, 3.8) is 0 Å². The Bertz CT molecular complexity index is 1010. The van der Waals surface area contributed by atoms with Crippen LogP contribution in [0.4, 0.5) is 11.4 Å². The van der Waals surface area contributed by atoms with Gasteiger partial charge in [-0.05, 0) is 51.3 Å². The first kappa shape index (κ1) is 19.0. The minimum absolute atomic E-state index is 0.284. The third-order valence-electron chi connectivity index (χ3n) is 5.43. The lowest BCUT2D eigenvalue weighted by molar-refractivity contribution is 0.402. The minimum Gasteiger partial charge on any atom is -0.340 e. The molecular formula is C24H25N3S2. The first-order valence-corrected chi connectivity index (χ1v) is 11.8. The molecule has 2 heterocycles. The molecular weight excluding hydrogens is 394 g/mol. The fraction of sp³-hybridized carbons (Fsp3) is 0.292. The lowest BCUT2D eigenvalue weighted by Gasteiger charge is -2.33. The highest BCUT2D eigenvalue weighted by Gasteiger charge is 2.29. The van der Waals surface area contributed by atoms with Gasteiger partial charge in [-0.15, -0.1) is 0 Å². The van der Waals surface area contributed by atoms with E-state index in [9.17, 15) is 0 Å². The topological polar surface area (TPSA) is 18.8 Å². The van der Waals surface area contributed by atoms with Crippen LogP contribution in [-0.2, 0) is 0 Å². The average Bonchev–Trinajstić information content (AvgIpc) is 3.17. The second-order valence-corrected chi connectivity index (χ2v) is 10.1. The van der Waals surface area contributed by atoms with Crippen molar-refractivity contribution in [1.29, 1.82) is 0 Å². The minimum atomic E-state index is 0.284. The number of nitrogens with zero attached hydrogens (tertiary/aromatic N) is 3. The zero-order chi connectivity index (χ0) is 19.8. The number of thioether (sulfide) groups is 1. The van der Waals surface area contributed by atoms with Crippen LogP contribution in [0.15, 0.2) is 81.6 Å². The lowest BCUT2D eigenvalue weighted by atomic mass is 10.1. The van der Waals surface area contributed by atoms with Gasteiger partial charge in [0.25, 0.3) is 0 Å². The summed E-state index contributed by atoms with van der Waals surface area (Å²) < 4.78 is 0. The van der Waals surface area contributed by atoms with Crippen LogP contribution >= 0.6 is 23.5 Å². The van der Waals surface area contributed by atoms with Gasteiger partial charge in [-0.25, -0.2) is 0 Å². The van der Waals surface area contributed by atoms with Gasteiger partial charge in [0.1, 0.15) is 0 Å². The molecule has 1 aliphatic carbocycles. The van der Waals surface area contributed by atoms with E-state index in [0.29, 0.717) is 5.25 Å². The number of hydrogen-bond donors (Lipinski definition) is 0. The van der Waals surface area contributed by atoms with Crippen molar-refractivity contribution in [2.24, 2.45) is 4.99 Å². The van der Waals surface area contributed by atoms with E-state index in [-0.39, 0.29) is 6.04 Å². The summed E-state index contributed by atoms with van der Waals surface area (Å²) in [5.41, 5.74) is 3.88. The van der Waals surface area contributed by atoms with Gasteiger partial charge in [0.05, 0.1) is 27.7 Å². The Labute approximate surface area is 181 Å². The normalized spacial score (nSPS) is 21.8. The molecule has 2 atom stereocenters. The summed E-state index contributed by atoms with van der Waals surface area (Å²) >= 11 is 3.77. The molecule has 0 aromatic heterocycles. The highest BCUT2D eigenvalue weighted by atomic mass is 32.2. The maximum absolute atomic E-state index is 4.97. The van der Waals surface area contributed by atoms with Crippen LogP contribution in [0.3, 0.4) is 0 Å². The molecule has 148 valence electrons. The molecule has 0 radical (unpaired) electrons. The van der Waals surface area contributed by atoms with Crippen LogP contribution in [0.1, 0.15) is 12.0 Å². The van der Waals surface area contributed by atoms with Crippen molar-refractivity contribution in [1.82, 2.24) is 4.90 Å². The van der Waals surface area contributed by atoms with E-state index in [2.05, 4.69) is 90.7 Å². The van der Waals surface area contributed by atoms with E-state index in [4.69, 9.17) is 4.99 Å². The lowest BCUT2D eigenvalue weighted by Crippen LogP contribution is -2.25. The van der Waals surface area contributed by atoms with E-state index >= 15 is 0 Å². The van der Waals surface area contributed by atoms with Crippen molar-refractivity contribution in [2.45, 2.75) is 27.5 Å². The van der Waals surface area contributed by atoms with E-state index < -0.39 is 0 Å². The fourth-order valence-electron chi connectivity index (χ4n) is 3.99. The Morgan fingerprint density at radius 1 is 1.00 bits per heavy atom. The standard InChI is InChI=1S/C24H25N3S2/c1-26(2)14-7-15-27-19-9-4-6-11-22(19)28-23-16-17(12-13-20(23)27)24-25-18-8-3-5-10-21(18)29-24/h3-6,8-13,16,18,21H,7,14-15H2,1-2H3. The van der Waals surface area contributed by atoms with Crippen LogP contribution < -0.4 is 4.90 Å². The van der Waals surface area contributed by atoms with Gasteiger partial charge in [-0.3, -0.25) is 4.99 Å². The highest BCUT2D eigenvalue weighted by Crippen LogP contribution is 2.49. The summed E-state index contributed by atoms with van der Waals surface area (Å²) in [5, 5.41) is 1.61. The van der Waals surface area contributed by atoms with Crippen LogP contribution in [-0.4, -0.2) is 48.4 Å². The van der Waals surface area contributed by atoms with E-state index in [1.807, 2.05) is 23.5 Å². The molecule has 0 saturated carbocycles. The SMILES string of the molecule is CN(C)CCCN1c2ccccc2Sc2cc(C3=NC4C=CC=CC4S3)ccc21. The van der Waals surface area contributed by atoms with E-state index in [0.717, 1.165) is 24.6 Å². The van der Waals surface area contributed by atoms with Crippen molar-refractivity contribution >= 4 is 39.9 Å². The summed E-state index contributed by atoms with van der Waals surface area (Å²) in [5.74, 6) is 0. The Morgan fingerprint density at radius 3 is 2.69 bits per heavy atom. The van der Waals surface area contributed by atoms with Gasteiger partial charge in [0, 0.05) is 21.9 Å². The molecule has 3 nitrogen and oxygen atoms in total. The zero-order valence-corrected chi connectivity index (χ0v) is 18.4. The summed E-state index contributed by atoms with van der Waals surface area (Å²) in [4.78, 5) is 12.4. The molecule has 5 rings (SSSR count). The van der Waals surface area contributed by atoms with Crippen molar-refractivity contribution in [3.8, 4) is 0 Å². The van der Waals surface area contributed by atoms with Gasteiger partial charge in [0.2, 0.25) is 0 Å². The summed E-state index contributed by atoms with van der Waals surface area (Å²) in [7, 11) is 4.28. The maximum Gasteiger partial charge on any atom is 0.0991 e. The Hall–Kier alpha value is -1.95. The van der Waals surface area contributed by atoms with Gasteiger partial charge in [0.15, 0.2) is 0 Å². The predicted octanol–water partition coefficient (Wildman–Crippen LogP) is 5.60. The molecule has 0 N–H and O–H groups in total. The van der Waals surface area contributed by atoms with Gasteiger partial charge in [-0.2, -0.15) is 0 Å². The molecule has 2 aliphatic heterocycles. The number of aliphatic imine (C=N–C) groups is 1. The number of fused-ring (bicyclic) bond motifs is 3. The molecule has 0 bridgehead atoms. The monoisotopic (exact) mass is 419 g/mol. The van der Waals surface area contributed by atoms with E-state index in [1.165, 1.54) is 26.7 Å². The first-order chi connectivity index (χ1) is 14.2. The number of benzene rings is 2. The second kappa shape index (κ2) is 8.05. The summed E-state index contributed by atoms with van der Waals surface area (Å²) in [6, 6.07) is 15.9. The molecule has 29 heavy (non-hydrogen) atoms. The summed E-state index contributed by atoms with van der Waals surface area (Å²) in [6.07, 6.45) is 9.86. The third-order valence-corrected chi connectivity index (χ3v) is 7.82. The molecule has 0 saturated heterocycles. The van der Waals surface area contributed by atoms with Crippen LogP contribution in [0.5, 0.6) is 0 Å². The molecule has 5 heteroatoms. The number of anilines is 2. The third kappa shape index (κ3) is 3.79. The second-order valence-electron chi connectivity index (χ2n) is 7.84. The Kier molecular flexibility index (Phi) is 5.29. The largest absolute Gasteiger partial charge is 0.340 e. The smallest absolute Gasteiger partial charge is 0.0991 e. The molecule has 0 amide bonds. The van der Waals surface area contributed by atoms with Crippen molar-refractivity contribution < 1.29 is 0 Å². The quantitative estimate of drug-likeness (QED) is 0.628. The van der Waals surface area contributed by atoms with Crippen LogP contribution in [0, 0.1) is 0 Å². The number of rotatable bonds is 5. The predicted molar refractivity (Wildman–Crippen MR) is 127 cm³/mol.